The van der Waals surface area contributed by atoms with Crippen molar-refractivity contribution in [3.8, 4) is 6.07 Å². The van der Waals surface area contributed by atoms with Crippen LogP contribution in [-0.2, 0) is 9.53 Å². The lowest BCUT2D eigenvalue weighted by atomic mass is 9.86. The lowest BCUT2D eigenvalue weighted by Gasteiger charge is -2.35. The van der Waals surface area contributed by atoms with Gasteiger partial charge in [0.15, 0.2) is 6.10 Å². The quantitative estimate of drug-likeness (QED) is 0.687. The minimum absolute atomic E-state index is 0.101. The van der Waals surface area contributed by atoms with E-state index in [2.05, 4.69) is 0 Å². The van der Waals surface area contributed by atoms with Crippen molar-refractivity contribution in [3.05, 3.63) is 0 Å². The van der Waals surface area contributed by atoms with E-state index >= 15 is 0 Å². The van der Waals surface area contributed by atoms with Crippen molar-refractivity contribution in [1.82, 2.24) is 4.90 Å². The van der Waals surface area contributed by atoms with E-state index in [1.54, 1.807) is 4.90 Å². The summed E-state index contributed by atoms with van der Waals surface area (Å²) in [5, 5.41) is 8.74. The maximum Gasteiger partial charge on any atom is 0.240 e. The molecule has 1 rings (SSSR count). The number of nitrogens with two attached hydrogens (primary N) is 1. The number of amides is 1. The van der Waals surface area contributed by atoms with E-state index in [0.29, 0.717) is 19.7 Å². The monoisotopic (exact) mass is 225 g/mol. The fourth-order valence-electron chi connectivity index (χ4n) is 1.49. The van der Waals surface area contributed by atoms with Crippen LogP contribution in [0, 0.1) is 16.7 Å². The second-order valence-electron chi connectivity index (χ2n) is 5.12. The summed E-state index contributed by atoms with van der Waals surface area (Å²) in [7, 11) is 0. The number of rotatable bonds is 1. The van der Waals surface area contributed by atoms with Gasteiger partial charge in [-0.1, -0.05) is 20.8 Å². The van der Waals surface area contributed by atoms with Crippen LogP contribution in [0.1, 0.15) is 20.8 Å². The van der Waals surface area contributed by atoms with Gasteiger partial charge in [0.1, 0.15) is 0 Å². The third-order valence-electron chi connectivity index (χ3n) is 2.72. The molecule has 0 aromatic heterocycles. The first-order valence-electron chi connectivity index (χ1n) is 5.42. The summed E-state index contributed by atoms with van der Waals surface area (Å²) < 4.78 is 5.18. The van der Waals surface area contributed by atoms with Crippen molar-refractivity contribution in [1.29, 1.82) is 5.26 Å². The lowest BCUT2D eigenvalue weighted by Crippen LogP contribution is -2.54. The molecule has 1 amide bonds. The molecule has 0 bridgehead atoms. The van der Waals surface area contributed by atoms with Gasteiger partial charge in [0.2, 0.25) is 5.91 Å². The molecule has 2 N–H and O–H groups in total. The predicted molar refractivity (Wildman–Crippen MR) is 59.4 cm³/mol. The zero-order chi connectivity index (χ0) is 12.3. The predicted octanol–water partition coefficient (Wildman–Crippen LogP) is 0.111. The van der Waals surface area contributed by atoms with E-state index < -0.39 is 12.1 Å². The van der Waals surface area contributed by atoms with Gasteiger partial charge in [-0.3, -0.25) is 4.79 Å². The fraction of sp³-hybridized carbons (Fsp3) is 0.818. The molecule has 1 aliphatic heterocycles. The van der Waals surface area contributed by atoms with Gasteiger partial charge >= 0.3 is 0 Å². The van der Waals surface area contributed by atoms with Crippen LogP contribution in [0.4, 0.5) is 0 Å². The van der Waals surface area contributed by atoms with Gasteiger partial charge in [0.25, 0.3) is 0 Å². The first kappa shape index (κ1) is 12.9. The molecule has 5 heteroatoms. The number of nitrogens with zero attached hydrogens (tertiary/aromatic N) is 2. The van der Waals surface area contributed by atoms with Crippen LogP contribution < -0.4 is 5.73 Å². The number of carbonyl (C=O) groups is 1. The standard InChI is InChI=1S/C11H19N3O2/c1-11(2,3)9(13)10(15)14-4-5-16-8(6-12)7-14/h8-9H,4-5,7,13H2,1-3H3. The Morgan fingerprint density at radius 2 is 2.25 bits per heavy atom. The molecule has 2 unspecified atom stereocenters. The molecule has 16 heavy (non-hydrogen) atoms. The Morgan fingerprint density at radius 1 is 1.62 bits per heavy atom. The topological polar surface area (TPSA) is 79.3 Å². The average Bonchev–Trinajstić information content (AvgIpc) is 2.26. The molecule has 5 nitrogen and oxygen atoms in total. The molecule has 0 aromatic carbocycles. The van der Waals surface area contributed by atoms with Crippen LogP contribution in [0.2, 0.25) is 0 Å². The Labute approximate surface area is 96.2 Å². The maximum atomic E-state index is 12.0. The SMILES string of the molecule is CC(C)(C)C(N)C(=O)N1CCOC(C#N)C1. The van der Waals surface area contributed by atoms with Gasteiger partial charge in [-0.25, -0.2) is 0 Å². The highest BCUT2D eigenvalue weighted by Crippen LogP contribution is 2.20. The second kappa shape index (κ2) is 4.81. The highest BCUT2D eigenvalue weighted by molar-refractivity contribution is 5.82. The number of hydrogen-bond donors (Lipinski definition) is 1. The highest BCUT2D eigenvalue weighted by Gasteiger charge is 2.33. The second-order valence-corrected chi connectivity index (χ2v) is 5.12. The third-order valence-corrected chi connectivity index (χ3v) is 2.72. The van der Waals surface area contributed by atoms with Gasteiger partial charge in [-0.05, 0) is 5.41 Å². The number of carbonyl (C=O) groups excluding carboxylic acids is 1. The molecule has 0 aliphatic carbocycles. The molecular weight excluding hydrogens is 206 g/mol. The fourth-order valence-corrected chi connectivity index (χ4v) is 1.49. The summed E-state index contributed by atoms with van der Waals surface area (Å²) in [6.07, 6.45) is -0.523. The van der Waals surface area contributed by atoms with E-state index in [-0.39, 0.29) is 11.3 Å². The first-order valence-corrected chi connectivity index (χ1v) is 5.42. The van der Waals surface area contributed by atoms with Crippen LogP contribution in [0.25, 0.3) is 0 Å². The van der Waals surface area contributed by atoms with Crippen LogP contribution in [0.15, 0.2) is 0 Å². The molecule has 0 saturated carbocycles. The summed E-state index contributed by atoms with van der Waals surface area (Å²) in [6.45, 7) is 7.02. The maximum absolute atomic E-state index is 12.0. The van der Waals surface area contributed by atoms with E-state index in [9.17, 15) is 4.79 Å². The van der Waals surface area contributed by atoms with E-state index in [0.717, 1.165) is 0 Å². The first-order chi connectivity index (χ1) is 7.36. The Morgan fingerprint density at radius 3 is 2.75 bits per heavy atom. The van der Waals surface area contributed by atoms with Crippen LogP contribution in [0.5, 0.6) is 0 Å². The molecule has 1 fully saturated rings. The molecule has 0 spiro atoms. The number of ether oxygens (including phenoxy) is 1. The van der Waals surface area contributed by atoms with E-state index in [1.165, 1.54) is 0 Å². The lowest BCUT2D eigenvalue weighted by molar-refractivity contribution is -0.140. The van der Waals surface area contributed by atoms with Crippen molar-refractivity contribution in [2.45, 2.75) is 32.9 Å². The Hall–Kier alpha value is -1.12. The van der Waals surface area contributed by atoms with Crippen molar-refractivity contribution in [2.75, 3.05) is 19.7 Å². The van der Waals surface area contributed by atoms with Gasteiger partial charge in [-0.2, -0.15) is 5.26 Å². The summed E-state index contributed by atoms with van der Waals surface area (Å²) in [4.78, 5) is 13.7. The largest absolute Gasteiger partial charge is 0.360 e. The normalized spacial score (nSPS) is 23.7. The summed E-state index contributed by atoms with van der Waals surface area (Å²) in [5.74, 6) is -0.101. The van der Waals surface area contributed by atoms with Gasteiger partial charge in [0.05, 0.1) is 25.3 Å². The molecule has 1 aliphatic rings. The molecule has 0 aromatic rings. The number of morpholine rings is 1. The molecule has 1 heterocycles. The molecule has 2 atom stereocenters. The van der Waals surface area contributed by atoms with Gasteiger partial charge < -0.3 is 15.4 Å². The minimum Gasteiger partial charge on any atom is -0.360 e. The summed E-state index contributed by atoms with van der Waals surface area (Å²) >= 11 is 0. The van der Waals surface area contributed by atoms with E-state index in [1.807, 2.05) is 26.8 Å². The van der Waals surface area contributed by atoms with Crippen LogP contribution >= 0.6 is 0 Å². The van der Waals surface area contributed by atoms with Crippen LogP contribution in [-0.4, -0.2) is 42.6 Å². The summed E-state index contributed by atoms with van der Waals surface area (Å²) in [5.41, 5.74) is 5.63. The number of hydrogen-bond acceptors (Lipinski definition) is 4. The third kappa shape index (κ3) is 2.94. The van der Waals surface area contributed by atoms with Crippen molar-refractivity contribution >= 4 is 5.91 Å². The van der Waals surface area contributed by atoms with Crippen molar-refractivity contribution in [3.63, 3.8) is 0 Å². The minimum atomic E-state index is -0.537. The highest BCUT2D eigenvalue weighted by atomic mass is 16.5. The molecule has 1 saturated heterocycles. The Bertz CT molecular complexity index is 303. The number of nitriles is 1. The zero-order valence-electron chi connectivity index (χ0n) is 10.1. The van der Waals surface area contributed by atoms with Crippen molar-refractivity contribution < 1.29 is 9.53 Å². The van der Waals surface area contributed by atoms with Gasteiger partial charge in [-0.15, -0.1) is 0 Å². The Balaban J connectivity index is 2.64. The Kier molecular flexibility index (Phi) is 3.89. The molecular formula is C11H19N3O2. The van der Waals surface area contributed by atoms with Crippen molar-refractivity contribution in [2.24, 2.45) is 11.1 Å². The van der Waals surface area contributed by atoms with Gasteiger partial charge in [0, 0.05) is 6.54 Å². The molecule has 90 valence electrons. The average molecular weight is 225 g/mol. The van der Waals surface area contributed by atoms with E-state index in [4.69, 9.17) is 15.7 Å². The molecule has 0 radical (unpaired) electrons. The smallest absolute Gasteiger partial charge is 0.240 e. The van der Waals surface area contributed by atoms with Crippen LogP contribution in [0.3, 0.4) is 0 Å². The summed E-state index contributed by atoms with van der Waals surface area (Å²) in [6, 6.07) is 1.47. The zero-order valence-corrected chi connectivity index (χ0v) is 10.1.